The van der Waals surface area contributed by atoms with E-state index in [1.165, 1.54) is 0 Å². The summed E-state index contributed by atoms with van der Waals surface area (Å²) in [6.07, 6.45) is 1.94. The number of primary amides is 2. The molecule has 0 aromatic carbocycles. The summed E-state index contributed by atoms with van der Waals surface area (Å²) in [5.74, 6) is -1.41. The van der Waals surface area contributed by atoms with Gasteiger partial charge >= 0.3 is 0 Å². The van der Waals surface area contributed by atoms with Crippen LogP contribution in [0.1, 0.15) is 26.7 Å². The first-order chi connectivity index (χ1) is 9.25. The Morgan fingerprint density at radius 2 is 1.75 bits per heavy atom. The second-order valence-corrected chi connectivity index (χ2v) is 5.86. The number of nitrogens with zero attached hydrogens (tertiary/aromatic N) is 1. The minimum Gasteiger partial charge on any atom is -0.368 e. The standard InChI is InChI=1S/C13H24N4O3/c1-13(2,9-4-3-5-16-6-9)12(20)17(7-10(14)18)8-11(15)19/h9,16H,3-8H2,1-2H3,(H2,14,18)(H2,15,19). The van der Waals surface area contributed by atoms with Crippen LogP contribution in [0.2, 0.25) is 0 Å². The van der Waals surface area contributed by atoms with Crippen LogP contribution in [0.4, 0.5) is 0 Å². The van der Waals surface area contributed by atoms with Crippen molar-refractivity contribution in [3.8, 4) is 0 Å². The molecule has 1 aliphatic heterocycles. The molecule has 0 aromatic rings. The van der Waals surface area contributed by atoms with Crippen molar-refractivity contribution in [2.24, 2.45) is 22.8 Å². The maximum atomic E-state index is 12.6. The SMILES string of the molecule is CC(C)(C(=O)N(CC(N)=O)CC(N)=O)C1CCCNC1. The maximum Gasteiger partial charge on any atom is 0.237 e. The zero-order valence-electron chi connectivity index (χ0n) is 12.1. The van der Waals surface area contributed by atoms with Crippen molar-refractivity contribution in [2.75, 3.05) is 26.2 Å². The topological polar surface area (TPSA) is 119 Å². The summed E-state index contributed by atoms with van der Waals surface area (Å²) in [5.41, 5.74) is 9.59. The average molecular weight is 284 g/mol. The van der Waals surface area contributed by atoms with E-state index >= 15 is 0 Å². The fourth-order valence-corrected chi connectivity index (χ4v) is 2.63. The van der Waals surface area contributed by atoms with Crippen LogP contribution < -0.4 is 16.8 Å². The molecule has 1 fully saturated rings. The second-order valence-electron chi connectivity index (χ2n) is 5.86. The number of rotatable bonds is 6. The van der Waals surface area contributed by atoms with Crippen molar-refractivity contribution >= 4 is 17.7 Å². The van der Waals surface area contributed by atoms with E-state index in [4.69, 9.17) is 11.5 Å². The molecule has 1 atom stereocenters. The van der Waals surface area contributed by atoms with Crippen molar-refractivity contribution in [3.63, 3.8) is 0 Å². The van der Waals surface area contributed by atoms with Gasteiger partial charge in [-0.25, -0.2) is 0 Å². The maximum absolute atomic E-state index is 12.6. The van der Waals surface area contributed by atoms with Gasteiger partial charge in [0.05, 0.1) is 13.1 Å². The number of amides is 3. The molecule has 1 aliphatic rings. The summed E-state index contributed by atoms with van der Waals surface area (Å²) < 4.78 is 0. The van der Waals surface area contributed by atoms with Crippen molar-refractivity contribution < 1.29 is 14.4 Å². The average Bonchev–Trinajstić information content (AvgIpc) is 2.37. The van der Waals surface area contributed by atoms with Gasteiger partial charge in [-0.15, -0.1) is 0 Å². The van der Waals surface area contributed by atoms with Crippen molar-refractivity contribution in [1.82, 2.24) is 10.2 Å². The molecule has 1 unspecified atom stereocenters. The van der Waals surface area contributed by atoms with Gasteiger partial charge < -0.3 is 21.7 Å². The fourth-order valence-electron chi connectivity index (χ4n) is 2.63. The molecular weight excluding hydrogens is 260 g/mol. The van der Waals surface area contributed by atoms with E-state index in [0.717, 1.165) is 30.8 Å². The minimum atomic E-state index is -0.668. The van der Waals surface area contributed by atoms with Crippen LogP contribution >= 0.6 is 0 Å². The Balaban J connectivity index is 2.84. The van der Waals surface area contributed by atoms with E-state index in [2.05, 4.69) is 5.32 Å². The first-order valence-corrected chi connectivity index (χ1v) is 6.82. The first kappa shape index (κ1) is 16.4. The van der Waals surface area contributed by atoms with Crippen LogP contribution in [0.15, 0.2) is 0 Å². The molecule has 0 aromatic heterocycles. The van der Waals surface area contributed by atoms with E-state index in [-0.39, 0.29) is 24.9 Å². The molecule has 0 radical (unpaired) electrons. The molecule has 1 saturated heterocycles. The molecule has 5 N–H and O–H groups in total. The quantitative estimate of drug-likeness (QED) is 0.568. The molecule has 1 rings (SSSR count). The zero-order chi connectivity index (χ0) is 15.3. The molecule has 7 heteroatoms. The Morgan fingerprint density at radius 3 is 2.15 bits per heavy atom. The Morgan fingerprint density at radius 1 is 1.20 bits per heavy atom. The Labute approximate surface area is 119 Å². The molecule has 20 heavy (non-hydrogen) atoms. The fraction of sp³-hybridized carbons (Fsp3) is 0.769. The third-order valence-corrected chi connectivity index (χ3v) is 3.85. The number of nitrogens with one attached hydrogen (secondary N) is 1. The van der Waals surface area contributed by atoms with Gasteiger partial charge in [-0.2, -0.15) is 0 Å². The van der Waals surface area contributed by atoms with Gasteiger partial charge in [0.15, 0.2) is 0 Å². The molecule has 0 saturated carbocycles. The van der Waals surface area contributed by atoms with E-state index in [0.29, 0.717) is 0 Å². The number of carbonyl (C=O) groups excluding carboxylic acids is 3. The number of carbonyl (C=O) groups is 3. The molecule has 0 aliphatic carbocycles. The predicted octanol–water partition coefficient (Wildman–Crippen LogP) is -1.19. The minimum absolute atomic E-state index is 0.159. The Bertz CT molecular complexity index is 373. The lowest BCUT2D eigenvalue weighted by atomic mass is 9.74. The summed E-state index contributed by atoms with van der Waals surface area (Å²) in [6, 6.07) is 0. The lowest BCUT2D eigenvalue weighted by Crippen LogP contribution is -2.52. The molecule has 0 spiro atoms. The van der Waals surface area contributed by atoms with Crippen LogP contribution in [0, 0.1) is 11.3 Å². The van der Waals surface area contributed by atoms with E-state index in [9.17, 15) is 14.4 Å². The van der Waals surface area contributed by atoms with Gasteiger partial charge in [-0.05, 0) is 31.8 Å². The largest absolute Gasteiger partial charge is 0.368 e. The highest BCUT2D eigenvalue weighted by Gasteiger charge is 2.40. The van der Waals surface area contributed by atoms with Crippen molar-refractivity contribution in [3.05, 3.63) is 0 Å². The van der Waals surface area contributed by atoms with Gasteiger partial charge in [0.2, 0.25) is 17.7 Å². The van der Waals surface area contributed by atoms with E-state index in [1.807, 2.05) is 13.8 Å². The van der Waals surface area contributed by atoms with Crippen molar-refractivity contribution in [2.45, 2.75) is 26.7 Å². The Kier molecular flexibility index (Phi) is 5.50. The predicted molar refractivity (Wildman–Crippen MR) is 74.3 cm³/mol. The van der Waals surface area contributed by atoms with Crippen LogP contribution in [-0.4, -0.2) is 48.8 Å². The zero-order valence-corrected chi connectivity index (χ0v) is 12.1. The molecule has 7 nitrogen and oxygen atoms in total. The van der Waals surface area contributed by atoms with E-state index in [1.54, 1.807) is 0 Å². The van der Waals surface area contributed by atoms with Crippen LogP contribution in [0.25, 0.3) is 0 Å². The summed E-state index contributed by atoms with van der Waals surface area (Å²) >= 11 is 0. The lowest BCUT2D eigenvalue weighted by Gasteiger charge is -2.39. The van der Waals surface area contributed by atoms with Gasteiger partial charge in [-0.1, -0.05) is 13.8 Å². The van der Waals surface area contributed by atoms with Gasteiger partial charge in [0.1, 0.15) is 0 Å². The highest BCUT2D eigenvalue weighted by molar-refractivity contribution is 5.90. The smallest absolute Gasteiger partial charge is 0.237 e. The molecule has 0 bridgehead atoms. The molecular formula is C13H24N4O3. The van der Waals surface area contributed by atoms with Crippen LogP contribution in [0.3, 0.4) is 0 Å². The van der Waals surface area contributed by atoms with Gasteiger partial charge in [0.25, 0.3) is 0 Å². The number of nitrogens with two attached hydrogens (primary N) is 2. The van der Waals surface area contributed by atoms with Crippen LogP contribution in [-0.2, 0) is 14.4 Å². The highest BCUT2D eigenvalue weighted by atomic mass is 16.2. The molecule has 3 amide bonds. The molecule has 1 heterocycles. The third kappa shape index (κ3) is 4.19. The number of piperidine rings is 1. The van der Waals surface area contributed by atoms with Crippen LogP contribution in [0.5, 0.6) is 0 Å². The molecule has 114 valence electrons. The third-order valence-electron chi connectivity index (χ3n) is 3.85. The lowest BCUT2D eigenvalue weighted by molar-refractivity contribution is -0.148. The van der Waals surface area contributed by atoms with E-state index < -0.39 is 17.2 Å². The first-order valence-electron chi connectivity index (χ1n) is 6.82. The Hall–Kier alpha value is -1.63. The number of hydrogen-bond acceptors (Lipinski definition) is 4. The summed E-state index contributed by atoms with van der Waals surface area (Å²) in [4.78, 5) is 35.9. The highest BCUT2D eigenvalue weighted by Crippen LogP contribution is 2.33. The monoisotopic (exact) mass is 284 g/mol. The normalized spacial score (nSPS) is 19.4. The summed E-state index contributed by atoms with van der Waals surface area (Å²) in [6.45, 7) is 4.80. The number of hydrogen-bond donors (Lipinski definition) is 3. The second kappa shape index (κ2) is 6.69. The summed E-state index contributed by atoms with van der Waals surface area (Å²) in [5, 5.41) is 3.26. The van der Waals surface area contributed by atoms with Crippen molar-refractivity contribution in [1.29, 1.82) is 0 Å². The summed E-state index contributed by atoms with van der Waals surface area (Å²) in [7, 11) is 0. The van der Waals surface area contributed by atoms with Gasteiger partial charge in [0, 0.05) is 5.41 Å². The van der Waals surface area contributed by atoms with Gasteiger partial charge in [-0.3, -0.25) is 14.4 Å².